The molecule has 0 saturated heterocycles. The van der Waals surface area contributed by atoms with Crippen molar-refractivity contribution in [3.05, 3.63) is 94.5 Å². The van der Waals surface area contributed by atoms with Crippen molar-refractivity contribution in [3.8, 4) is 11.5 Å². The van der Waals surface area contributed by atoms with Gasteiger partial charge in [-0.3, -0.25) is 4.79 Å². The Balaban J connectivity index is 1.75. The summed E-state index contributed by atoms with van der Waals surface area (Å²) in [7, 11) is 0. The highest BCUT2D eigenvalue weighted by atomic mass is 35.5. The lowest BCUT2D eigenvalue weighted by molar-refractivity contribution is -0.111. The highest BCUT2D eigenvalue weighted by molar-refractivity contribution is 6.37. The summed E-state index contributed by atoms with van der Waals surface area (Å²) in [5.74, 6) is 0.925. The van der Waals surface area contributed by atoms with Crippen LogP contribution in [0.3, 0.4) is 0 Å². The molecule has 0 saturated carbocycles. The van der Waals surface area contributed by atoms with Crippen molar-refractivity contribution in [2.24, 2.45) is 0 Å². The number of amides is 1. The van der Waals surface area contributed by atoms with E-state index in [1.807, 2.05) is 42.5 Å². The van der Waals surface area contributed by atoms with Crippen molar-refractivity contribution in [2.45, 2.75) is 0 Å². The molecule has 5 heteroatoms. The minimum atomic E-state index is -0.315. The molecule has 0 radical (unpaired) electrons. The third-order valence-electron chi connectivity index (χ3n) is 3.52. The average molecular weight is 384 g/mol. The van der Waals surface area contributed by atoms with Gasteiger partial charge in [0.2, 0.25) is 5.91 Å². The molecule has 0 unspecified atom stereocenters. The fourth-order valence-electron chi connectivity index (χ4n) is 2.28. The molecule has 0 aliphatic carbocycles. The lowest BCUT2D eigenvalue weighted by Crippen LogP contribution is -2.08. The summed E-state index contributed by atoms with van der Waals surface area (Å²) in [5.41, 5.74) is 1.16. The number of rotatable bonds is 5. The molecule has 26 heavy (non-hydrogen) atoms. The number of nitrogens with one attached hydrogen (secondary N) is 1. The van der Waals surface area contributed by atoms with Gasteiger partial charge < -0.3 is 10.1 Å². The van der Waals surface area contributed by atoms with Gasteiger partial charge in [0, 0.05) is 21.7 Å². The summed E-state index contributed by atoms with van der Waals surface area (Å²) in [6.45, 7) is 0. The van der Waals surface area contributed by atoms with E-state index in [-0.39, 0.29) is 5.91 Å². The van der Waals surface area contributed by atoms with Gasteiger partial charge in [-0.2, -0.15) is 0 Å². The molecular weight excluding hydrogens is 369 g/mol. The standard InChI is InChI=1S/C21H15Cl2NO2/c22-17-9-6-10-18(23)16(17)13-14-21(25)24-19-11-4-5-12-20(19)26-15-7-2-1-3-8-15/h1-14H,(H,24,25)/b14-13+. The summed E-state index contributed by atoms with van der Waals surface area (Å²) in [6, 6.07) is 21.8. The van der Waals surface area contributed by atoms with Gasteiger partial charge in [0.05, 0.1) is 5.69 Å². The van der Waals surface area contributed by atoms with Crippen molar-refractivity contribution in [1.82, 2.24) is 0 Å². The number of para-hydroxylation sites is 3. The molecule has 3 aromatic rings. The normalized spacial score (nSPS) is 10.7. The van der Waals surface area contributed by atoms with Crippen LogP contribution in [0.25, 0.3) is 6.08 Å². The van der Waals surface area contributed by atoms with Gasteiger partial charge in [-0.05, 0) is 42.5 Å². The molecule has 0 fully saturated rings. The lowest BCUT2D eigenvalue weighted by atomic mass is 10.2. The fraction of sp³-hybridized carbons (Fsp3) is 0. The second kappa shape index (κ2) is 8.56. The summed E-state index contributed by atoms with van der Waals surface area (Å²) in [5, 5.41) is 3.76. The zero-order chi connectivity index (χ0) is 18.4. The van der Waals surface area contributed by atoms with E-state index in [1.54, 1.807) is 36.4 Å². The summed E-state index contributed by atoms with van der Waals surface area (Å²) >= 11 is 12.2. The van der Waals surface area contributed by atoms with Gasteiger partial charge in [-0.15, -0.1) is 0 Å². The Bertz CT molecular complexity index is 920. The Hall–Kier alpha value is -2.75. The molecule has 3 nitrogen and oxygen atoms in total. The van der Waals surface area contributed by atoms with Gasteiger partial charge in [-0.25, -0.2) is 0 Å². The predicted molar refractivity (Wildman–Crippen MR) is 107 cm³/mol. The van der Waals surface area contributed by atoms with Crippen LogP contribution in [0.5, 0.6) is 11.5 Å². The molecular formula is C21H15Cl2NO2. The van der Waals surface area contributed by atoms with Crippen molar-refractivity contribution < 1.29 is 9.53 Å². The minimum Gasteiger partial charge on any atom is -0.455 e. The van der Waals surface area contributed by atoms with Crippen molar-refractivity contribution in [3.63, 3.8) is 0 Å². The summed E-state index contributed by atoms with van der Waals surface area (Å²) in [4.78, 5) is 12.3. The smallest absolute Gasteiger partial charge is 0.248 e. The molecule has 1 amide bonds. The number of ether oxygens (including phenoxy) is 1. The fourth-order valence-corrected chi connectivity index (χ4v) is 2.80. The van der Waals surface area contributed by atoms with E-state index in [1.165, 1.54) is 6.08 Å². The van der Waals surface area contributed by atoms with Crippen LogP contribution < -0.4 is 10.1 Å². The van der Waals surface area contributed by atoms with Crippen LogP contribution in [0.15, 0.2) is 78.9 Å². The largest absolute Gasteiger partial charge is 0.455 e. The zero-order valence-corrected chi connectivity index (χ0v) is 15.2. The molecule has 3 aromatic carbocycles. The third kappa shape index (κ3) is 4.66. The van der Waals surface area contributed by atoms with E-state index < -0.39 is 0 Å². The average Bonchev–Trinajstić information content (AvgIpc) is 2.64. The van der Waals surface area contributed by atoms with Gasteiger partial charge in [0.1, 0.15) is 5.75 Å². The Kier molecular flexibility index (Phi) is 5.95. The molecule has 1 N–H and O–H groups in total. The number of benzene rings is 3. The number of hydrogen-bond acceptors (Lipinski definition) is 2. The summed E-state index contributed by atoms with van der Waals surface area (Å²) in [6.07, 6.45) is 2.97. The van der Waals surface area contributed by atoms with Crippen LogP contribution >= 0.6 is 23.2 Å². The van der Waals surface area contributed by atoms with E-state index in [9.17, 15) is 4.79 Å². The van der Waals surface area contributed by atoms with Gasteiger partial charge >= 0.3 is 0 Å². The van der Waals surface area contributed by atoms with Crippen molar-refractivity contribution >= 4 is 40.9 Å². The van der Waals surface area contributed by atoms with E-state index >= 15 is 0 Å². The topological polar surface area (TPSA) is 38.3 Å². The van der Waals surface area contributed by atoms with Crippen LogP contribution in [-0.4, -0.2) is 5.91 Å². The number of anilines is 1. The first-order valence-electron chi connectivity index (χ1n) is 7.88. The van der Waals surface area contributed by atoms with Crippen LogP contribution in [-0.2, 0) is 4.79 Å². The van der Waals surface area contributed by atoms with E-state index in [4.69, 9.17) is 27.9 Å². The molecule has 0 atom stereocenters. The third-order valence-corrected chi connectivity index (χ3v) is 4.18. The number of hydrogen-bond donors (Lipinski definition) is 1. The lowest BCUT2D eigenvalue weighted by Gasteiger charge is -2.11. The molecule has 0 bridgehead atoms. The minimum absolute atomic E-state index is 0.315. The maximum atomic E-state index is 12.3. The summed E-state index contributed by atoms with van der Waals surface area (Å²) < 4.78 is 5.83. The Morgan fingerprint density at radius 2 is 1.50 bits per heavy atom. The number of carbonyl (C=O) groups excluding carboxylic acids is 1. The zero-order valence-electron chi connectivity index (χ0n) is 13.7. The van der Waals surface area contributed by atoms with Crippen LogP contribution in [0.1, 0.15) is 5.56 Å². The van der Waals surface area contributed by atoms with Gasteiger partial charge in [0.15, 0.2) is 5.75 Å². The first-order chi connectivity index (χ1) is 12.6. The van der Waals surface area contributed by atoms with Crippen LogP contribution in [0.4, 0.5) is 5.69 Å². The number of halogens is 2. The molecule has 0 aromatic heterocycles. The van der Waals surface area contributed by atoms with Crippen LogP contribution in [0, 0.1) is 0 Å². The maximum Gasteiger partial charge on any atom is 0.248 e. The second-order valence-electron chi connectivity index (χ2n) is 5.37. The van der Waals surface area contributed by atoms with E-state index in [0.717, 1.165) is 0 Å². The highest BCUT2D eigenvalue weighted by Crippen LogP contribution is 2.29. The van der Waals surface area contributed by atoms with Crippen LogP contribution in [0.2, 0.25) is 10.0 Å². The Morgan fingerprint density at radius 3 is 2.23 bits per heavy atom. The second-order valence-corrected chi connectivity index (χ2v) is 6.18. The molecule has 3 rings (SSSR count). The highest BCUT2D eigenvalue weighted by Gasteiger charge is 2.07. The van der Waals surface area contributed by atoms with Gasteiger partial charge in [0.25, 0.3) is 0 Å². The van der Waals surface area contributed by atoms with Gasteiger partial charge in [-0.1, -0.05) is 59.6 Å². The quantitative estimate of drug-likeness (QED) is 0.514. The molecule has 0 spiro atoms. The molecule has 0 aliphatic rings. The Morgan fingerprint density at radius 1 is 0.846 bits per heavy atom. The van der Waals surface area contributed by atoms with E-state index in [2.05, 4.69) is 5.32 Å². The number of carbonyl (C=O) groups is 1. The monoisotopic (exact) mass is 383 g/mol. The molecule has 130 valence electrons. The first kappa shape index (κ1) is 18.1. The van der Waals surface area contributed by atoms with E-state index in [0.29, 0.717) is 32.8 Å². The molecule has 0 aliphatic heterocycles. The van der Waals surface area contributed by atoms with Crippen molar-refractivity contribution in [1.29, 1.82) is 0 Å². The maximum absolute atomic E-state index is 12.3. The molecule has 0 heterocycles. The first-order valence-corrected chi connectivity index (χ1v) is 8.64. The SMILES string of the molecule is O=C(/C=C/c1c(Cl)cccc1Cl)Nc1ccccc1Oc1ccccc1. The predicted octanol–water partition coefficient (Wildman–Crippen LogP) is 6.44. The Labute approximate surface area is 161 Å². The van der Waals surface area contributed by atoms with Crippen molar-refractivity contribution in [2.75, 3.05) is 5.32 Å².